The summed E-state index contributed by atoms with van der Waals surface area (Å²) in [5, 5.41) is 4.99. The number of rotatable bonds is 5. The molecule has 0 unspecified atom stereocenters. The molecule has 0 atom stereocenters. The van der Waals surface area contributed by atoms with Crippen molar-refractivity contribution in [3.8, 4) is 0 Å². The highest BCUT2D eigenvalue weighted by atomic mass is 19.4. The smallest absolute Gasteiger partial charge is 0.347 e. The summed E-state index contributed by atoms with van der Waals surface area (Å²) in [6.45, 7) is 3.72. The number of alkyl halides is 3. The van der Waals surface area contributed by atoms with Crippen molar-refractivity contribution in [3.63, 3.8) is 0 Å². The Morgan fingerprint density at radius 2 is 1.80 bits per heavy atom. The van der Waals surface area contributed by atoms with Gasteiger partial charge in [0.15, 0.2) is 0 Å². The van der Waals surface area contributed by atoms with E-state index in [2.05, 4.69) is 22.2 Å². The van der Waals surface area contributed by atoms with Crippen molar-refractivity contribution in [2.75, 3.05) is 11.9 Å². The number of hydrogen-bond acceptors (Lipinski definition) is 3. The molecule has 2 rings (SSSR count). The van der Waals surface area contributed by atoms with E-state index < -0.39 is 23.6 Å². The van der Waals surface area contributed by atoms with Crippen LogP contribution in [-0.4, -0.2) is 23.3 Å². The standard InChI is InChI=1S/C17H14F3N3O2/c1-2-8-22-16(25)14-10-11(7-9-21-14)15(24)23-13-5-3-12(4-6-13)17(18,19)20/h2-7,9-10H,1,8H2,(H,22,25)(H,23,24). The number of carbonyl (C=O) groups is 2. The van der Waals surface area contributed by atoms with E-state index >= 15 is 0 Å². The third-order valence-electron chi connectivity index (χ3n) is 3.13. The highest BCUT2D eigenvalue weighted by molar-refractivity contribution is 6.05. The lowest BCUT2D eigenvalue weighted by atomic mass is 10.1. The summed E-state index contributed by atoms with van der Waals surface area (Å²) in [7, 11) is 0. The predicted octanol–water partition coefficient (Wildman–Crippen LogP) is 3.27. The fourth-order valence-electron chi connectivity index (χ4n) is 1.90. The van der Waals surface area contributed by atoms with Crippen LogP contribution in [0.15, 0.2) is 55.3 Å². The minimum atomic E-state index is -4.44. The summed E-state index contributed by atoms with van der Waals surface area (Å²) in [4.78, 5) is 27.9. The van der Waals surface area contributed by atoms with E-state index in [4.69, 9.17) is 0 Å². The Kier molecular flexibility index (Phi) is 5.53. The molecule has 8 heteroatoms. The quantitative estimate of drug-likeness (QED) is 0.814. The maximum atomic E-state index is 12.5. The number of anilines is 1. The molecule has 0 aliphatic heterocycles. The number of carbonyl (C=O) groups excluding carboxylic acids is 2. The van der Waals surface area contributed by atoms with Gasteiger partial charge in [0, 0.05) is 24.0 Å². The van der Waals surface area contributed by atoms with Crippen LogP contribution in [0.4, 0.5) is 18.9 Å². The van der Waals surface area contributed by atoms with Gasteiger partial charge in [-0.05, 0) is 36.4 Å². The molecule has 130 valence electrons. The average molecular weight is 349 g/mol. The molecular formula is C17H14F3N3O2. The van der Waals surface area contributed by atoms with Crippen LogP contribution in [0.1, 0.15) is 26.4 Å². The first-order valence-electron chi connectivity index (χ1n) is 7.15. The van der Waals surface area contributed by atoms with Gasteiger partial charge in [-0.1, -0.05) is 6.08 Å². The van der Waals surface area contributed by atoms with Crippen molar-refractivity contribution >= 4 is 17.5 Å². The summed E-state index contributed by atoms with van der Waals surface area (Å²) in [5.41, 5.74) is -0.413. The monoisotopic (exact) mass is 349 g/mol. The van der Waals surface area contributed by atoms with Gasteiger partial charge in [0.25, 0.3) is 11.8 Å². The average Bonchev–Trinajstić information content (AvgIpc) is 2.59. The van der Waals surface area contributed by atoms with E-state index in [1.165, 1.54) is 24.4 Å². The van der Waals surface area contributed by atoms with Crippen LogP contribution in [-0.2, 0) is 6.18 Å². The second kappa shape index (κ2) is 7.61. The van der Waals surface area contributed by atoms with Crippen molar-refractivity contribution in [2.45, 2.75) is 6.18 Å². The normalized spacial score (nSPS) is 10.8. The molecule has 0 bridgehead atoms. The summed E-state index contributed by atoms with van der Waals surface area (Å²) >= 11 is 0. The highest BCUT2D eigenvalue weighted by Crippen LogP contribution is 2.29. The Labute approximate surface area is 141 Å². The molecule has 2 amide bonds. The topological polar surface area (TPSA) is 71.1 Å². The van der Waals surface area contributed by atoms with Crippen molar-refractivity contribution in [2.24, 2.45) is 0 Å². The fourth-order valence-corrected chi connectivity index (χ4v) is 1.90. The third kappa shape index (κ3) is 4.90. The van der Waals surface area contributed by atoms with E-state index in [1.54, 1.807) is 0 Å². The molecule has 0 radical (unpaired) electrons. The van der Waals surface area contributed by atoms with Crippen LogP contribution in [0.5, 0.6) is 0 Å². The molecule has 1 heterocycles. The summed E-state index contributed by atoms with van der Waals surface area (Å²) < 4.78 is 37.6. The number of pyridine rings is 1. The molecule has 0 spiro atoms. The van der Waals surface area contributed by atoms with Gasteiger partial charge in [-0.25, -0.2) is 0 Å². The van der Waals surface area contributed by atoms with Crippen LogP contribution < -0.4 is 10.6 Å². The van der Waals surface area contributed by atoms with Gasteiger partial charge in [0.05, 0.1) is 5.56 Å². The minimum absolute atomic E-state index is 0.0434. The lowest BCUT2D eigenvalue weighted by Crippen LogP contribution is -2.24. The van der Waals surface area contributed by atoms with E-state index in [9.17, 15) is 22.8 Å². The summed E-state index contributed by atoms with van der Waals surface area (Å²) in [6, 6.07) is 6.73. The number of aromatic nitrogens is 1. The maximum Gasteiger partial charge on any atom is 0.416 e. The van der Waals surface area contributed by atoms with Gasteiger partial charge in [0.1, 0.15) is 5.69 Å². The summed E-state index contributed by atoms with van der Waals surface area (Å²) in [5.74, 6) is -1.04. The largest absolute Gasteiger partial charge is 0.416 e. The maximum absolute atomic E-state index is 12.5. The van der Waals surface area contributed by atoms with E-state index in [0.717, 1.165) is 24.3 Å². The zero-order chi connectivity index (χ0) is 18.4. The Morgan fingerprint density at radius 3 is 2.40 bits per heavy atom. The number of halogens is 3. The molecule has 2 N–H and O–H groups in total. The van der Waals surface area contributed by atoms with Crippen LogP contribution in [0.2, 0.25) is 0 Å². The van der Waals surface area contributed by atoms with Crippen molar-refractivity contribution in [1.82, 2.24) is 10.3 Å². The van der Waals surface area contributed by atoms with Gasteiger partial charge in [-0.2, -0.15) is 13.2 Å². The molecule has 0 fully saturated rings. The SMILES string of the molecule is C=CCNC(=O)c1cc(C(=O)Nc2ccc(C(F)(F)F)cc2)ccn1. The van der Waals surface area contributed by atoms with Crippen LogP contribution in [0.25, 0.3) is 0 Å². The lowest BCUT2D eigenvalue weighted by Gasteiger charge is -2.09. The molecule has 0 aliphatic carbocycles. The van der Waals surface area contributed by atoms with Crippen molar-refractivity contribution in [3.05, 3.63) is 72.1 Å². The van der Waals surface area contributed by atoms with E-state index in [0.29, 0.717) is 0 Å². The first kappa shape index (κ1) is 18.2. The summed E-state index contributed by atoms with van der Waals surface area (Å²) in [6.07, 6.45) is -1.65. The van der Waals surface area contributed by atoms with Gasteiger partial charge in [0.2, 0.25) is 0 Å². The minimum Gasteiger partial charge on any atom is -0.347 e. The number of nitrogens with one attached hydrogen (secondary N) is 2. The molecule has 0 saturated carbocycles. The zero-order valence-corrected chi connectivity index (χ0v) is 12.9. The van der Waals surface area contributed by atoms with Gasteiger partial charge in [-0.3, -0.25) is 14.6 Å². The number of amides is 2. The highest BCUT2D eigenvalue weighted by Gasteiger charge is 2.30. The molecular weight excluding hydrogens is 335 g/mol. The zero-order valence-electron chi connectivity index (χ0n) is 12.9. The van der Waals surface area contributed by atoms with Gasteiger partial charge >= 0.3 is 6.18 Å². The van der Waals surface area contributed by atoms with E-state index in [-0.39, 0.29) is 23.5 Å². The molecule has 0 saturated heterocycles. The molecule has 1 aromatic heterocycles. The fraction of sp³-hybridized carbons (Fsp3) is 0.118. The molecule has 25 heavy (non-hydrogen) atoms. The van der Waals surface area contributed by atoms with Crippen LogP contribution >= 0.6 is 0 Å². The first-order valence-corrected chi connectivity index (χ1v) is 7.15. The third-order valence-corrected chi connectivity index (χ3v) is 3.13. The second-order valence-corrected chi connectivity index (χ2v) is 4.96. The molecule has 2 aromatic rings. The first-order chi connectivity index (χ1) is 11.8. The molecule has 0 aliphatic rings. The Hall–Kier alpha value is -3.16. The molecule has 1 aromatic carbocycles. The van der Waals surface area contributed by atoms with Gasteiger partial charge in [-0.15, -0.1) is 6.58 Å². The Morgan fingerprint density at radius 1 is 1.12 bits per heavy atom. The lowest BCUT2D eigenvalue weighted by molar-refractivity contribution is -0.137. The van der Waals surface area contributed by atoms with E-state index in [1.807, 2.05) is 0 Å². The van der Waals surface area contributed by atoms with Gasteiger partial charge < -0.3 is 10.6 Å². The second-order valence-electron chi connectivity index (χ2n) is 4.96. The Balaban J connectivity index is 2.10. The molecule has 5 nitrogen and oxygen atoms in total. The van der Waals surface area contributed by atoms with Crippen molar-refractivity contribution in [1.29, 1.82) is 0 Å². The number of hydrogen-bond donors (Lipinski definition) is 2. The number of benzene rings is 1. The predicted molar refractivity (Wildman–Crippen MR) is 86.2 cm³/mol. The van der Waals surface area contributed by atoms with Crippen molar-refractivity contribution < 1.29 is 22.8 Å². The van der Waals surface area contributed by atoms with Crippen LogP contribution in [0, 0.1) is 0 Å². The number of nitrogens with zero attached hydrogens (tertiary/aromatic N) is 1. The van der Waals surface area contributed by atoms with Crippen LogP contribution in [0.3, 0.4) is 0 Å². The Bertz CT molecular complexity index is 786.